The zero-order valence-corrected chi connectivity index (χ0v) is 15.8. The lowest BCUT2D eigenvalue weighted by Gasteiger charge is -2.27. The minimum Gasteiger partial charge on any atom is -0.494 e. The van der Waals surface area contributed by atoms with Gasteiger partial charge in [0, 0.05) is 12.6 Å². The lowest BCUT2D eigenvalue weighted by atomic mass is 9.86. The molecule has 1 aliphatic carbocycles. The van der Waals surface area contributed by atoms with E-state index < -0.39 is 5.97 Å². The van der Waals surface area contributed by atoms with Gasteiger partial charge in [0.1, 0.15) is 5.75 Å². The van der Waals surface area contributed by atoms with Crippen molar-refractivity contribution in [3.63, 3.8) is 0 Å². The highest BCUT2D eigenvalue weighted by Crippen LogP contribution is 2.25. The van der Waals surface area contributed by atoms with Crippen LogP contribution in [0.5, 0.6) is 5.75 Å². The summed E-state index contributed by atoms with van der Waals surface area (Å²) in [7, 11) is 0. The largest absolute Gasteiger partial charge is 0.494 e. The number of nitrogens with one attached hydrogen (secondary N) is 1. The van der Waals surface area contributed by atoms with Crippen LogP contribution in [0.1, 0.15) is 43.2 Å². The maximum absolute atomic E-state index is 11.0. The maximum Gasteiger partial charge on any atom is 0.306 e. The fraction of sp³-hybridized carbons (Fsp3) is 0.435. The number of hydrogen-bond donors (Lipinski definition) is 2. The van der Waals surface area contributed by atoms with E-state index >= 15 is 0 Å². The molecule has 1 saturated carbocycles. The molecule has 0 radical (unpaired) electrons. The Morgan fingerprint density at radius 1 is 1.00 bits per heavy atom. The van der Waals surface area contributed by atoms with Crippen LogP contribution in [0, 0.1) is 5.92 Å². The van der Waals surface area contributed by atoms with Gasteiger partial charge in [0.15, 0.2) is 0 Å². The van der Waals surface area contributed by atoms with E-state index in [1.807, 2.05) is 18.2 Å². The summed E-state index contributed by atoms with van der Waals surface area (Å²) < 4.78 is 5.91. The molecule has 0 heterocycles. The number of carbonyl (C=O) groups is 1. The highest BCUT2D eigenvalue weighted by molar-refractivity contribution is 5.70. The Balaban J connectivity index is 1.38. The normalized spacial score (nSPS) is 19.6. The summed E-state index contributed by atoms with van der Waals surface area (Å²) >= 11 is 0. The van der Waals surface area contributed by atoms with Crippen LogP contribution >= 0.6 is 0 Å². The molecule has 4 nitrogen and oxygen atoms in total. The van der Waals surface area contributed by atoms with Gasteiger partial charge >= 0.3 is 5.97 Å². The van der Waals surface area contributed by atoms with E-state index in [0.29, 0.717) is 12.6 Å². The molecule has 2 aromatic rings. The minimum atomic E-state index is -0.648. The summed E-state index contributed by atoms with van der Waals surface area (Å²) in [4.78, 5) is 11.0. The topological polar surface area (TPSA) is 58.6 Å². The van der Waals surface area contributed by atoms with Crippen molar-refractivity contribution < 1.29 is 14.6 Å². The number of carboxylic acids is 1. The molecule has 0 aromatic heterocycles. The second-order valence-corrected chi connectivity index (χ2v) is 7.35. The van der Waals surface area contributed by atoms with E-state index in [2.05, 4.69) is 41.7 Å². The summed E-state index contributed by atoms with van der Waals surface area (Å²) in [6.45, 7) is 1.51. The first-order chi connectivity index (χ1) is 13.2. The van der Waals surface area contributed by atoms with Gasteiger partial charge in [-0.2, -0.15) is 0 Å². The molecule has 3 rings (SSSR count). The van der Waals surface area contributed by atoms with Crippen LogP contribution in [0.15, 0.2) is 54.6 Å². The molecule has 0 spiro atoms. The average molecular weight is 367 g/mol. The van der Waals surface area contributed by atoms with Gasteiger partial charge in [0.05, 0.1) is 12.5 Å². The molecule has 4 heteroatoms. The van der Waals surface area contributed by atoms with Crippen molar-refractivity contribution in [2.75, 3.05) is 6.61 Å². The van der Waals surface area contributed by atoms with Gasteiger partial charge in [-0.3, -0.25) is 4.79 Å². The van der Waals surface area contributed by atoms with Crippen LogP contribution in [0.3, 0.4) is 0 Å². The summed E-state index contributed by atoms with van der Waals surface area (Å²) in [5.41, 5.74) is 2.55. The summed E-state index contributed by atoms with van der Waals surface area (Å²) in [5.74, 6) is 0.109. The van der Waals surface area contributed by atoms with Gasteiger partial charge in [-0.15, -0.1) is 0 Å². The van der Waals surface area contributed by atoms with E-state index in [1.54, 1.807) is 0 Å². The van der Waals surface area contributed by atoms with E-state index in [-0.39, 0.29) is 5.92 Å². The van der Waals surface area contributed by atoms with Crippen LogP contribution in [0.25, 0.3) is 0 Å². The average Bonchev–Trinajstić information content (AvgIpc) is 2.71. The predicted octanol–water partition coefficient (Wildman–Crippen LogP) is 4.43. The molecule has 2 N–H and O–H groups in total. The van der Waals surface area contributed by atoms with Crippen LogP contribution in [-0.2, 0) is 17.8 Å². The Bertz CT molecular complexity index is 709. The van der Waals surface area contributed by atoms with Gasteiger partial charge in [0.25, 0.3) is 0 Å². The SMILES string of the molecule is O=C(O)C1CCC(NCc2cccc(OCCCc3ccccc3)c2)CC1. The van der Waals surface area contributed by atoms with Crippen molar-refractivity contribution >= 4 is 5.97 Å². The van der Waals surface area contributed by atoms with Gasteiger partial charge in [-0.25, -0.2) is 0 Å². The molecule has 144 valence electrons. The first-order valence-corrected chi connectivity index (χ1v) is 9.92. The molecule has 0 unspecified atom stereocenters. The monoisotopic (exact) mass is 367 g/mol. The number of ether oxygens (including phenoxy) is 1. The molecular formula is C23H29NO3. The smallest absolute Gasteiger partial charge is 0.306 e. The molecule has 1 aliphatic rings. The predicted molar refractivity (Wildman–Crippen MR) is 107 cm³/mol. The van der Waals surface area contributed by atoms with Gasteiger partial charge < -0.3 is 15.2 Å². The third-order valence-electron chi connectivity index (χ3n) is 5.29. The van der Waals surface area contributed by atoms with Crippen LogP contribution in [0.4, 0.5) is 0 Å². The highest BCUT2D eigenvalue weighted by atomic mass is 16.5. The first-order valence-electron chi connectivity index (χ1n) is 9.92. The van der Waals surface area contributed by atoms with Gasteiger partial charge in [-0.1, -0.05) is 42.5 Å². The third kappa shape index (κ3) is 6.40. The van der Waals surface area contributed by atoms with E-state index in [4.69, 9.17) is 9.84 Å². The van der Waals surface area contributed by atoms with Crippen LogP contribution < -0.4 is 10.1 Å². The Morgan fingerprint density at radius 2 is 1.74 bits per heavy atom. The lowest BCUT2D eigenvalue weighted by molar-refractivity contribution is -0.142. The Labute approximate surface area is 161 Å². The zero-order chi connectivity index (χ0) is 18.9. The van der Waals surface area contributed by atoms with Crippen molar-refractivity contribution in [1.29, 1.82) is 0 Å². The van der Waals surface area contributed by atoms with Gasteiger partial charge in [0.2, 0.25) is 0 Å². The van der Waals surface area contributed by atoms with Crippen LogP contribution in [-0.4, -0.2) is 23.7 Å². The molecule has 0 atom stereocenters. The molecule has 0 saturated heterocycles. The van der Waals surface area contributed by atoms with Crippen molar-refractivity contribution in [2.24, 2.45) is 5.92 Å². The molecule has 2 aromatic carbocycles. The summed E-state index contributed by atoms with van der Waals surface area (Å²) in [6, 6.07) is 19.1. The quantitative estimate of drug-likeness (QED) is 0.644. The Kier molecular flexibility index (Phi) is 7.28. The maximum atomic E-state index is 11.0. The molecule has 27 heavy (non-hydrogen) atoms. The first kappa shape index (κ1) is 19.4. The standard InChI is InChI=1S/C23H29NO3/c25-23(26)20-11-13-21(14-12-20)24-17-19-8-4-10-22(16-19)27-15-5-9-18-6-2-1-3-7-18/h1-4,6-8,10,16,20-21,24H,5,9,11-15,17H2,(H,25,26). The van der Waals surface area contributed by atoms with Crippen molar-refractivity contribution in [1.82, 2.24) is 5.32 Å². The Hall–Kier alpha value is -2.33. The van der Waals surface area contributed by atoms with Gasteiger partial charge in [-0.05, 0) is 61.8 Å². The van der Waals surface area contributed by atoms with Crippen molar-refractivity contribution in [3.8, 4) is 5.75 Å². The number of carboxylic acid groups (broad SMARTS) is 1. The number of hydrogen-bond acceptors (Lipinski definition) is 3. The van der Waals surface area contributed by atoms with E-state index in [1.165, 1.54) is 11.1 Å². The molecule has 1 fully saturated rings. The van der Waals surface area contributed by atoms with Crippen molar-refractivity contribution in [3.05, 3.63) is 65.7 Å². The lowest BCUT2D eigenvalue weighted by Crippen LogP contribution is -2.34. The number of aryl methyl sites for hydroxylation is 1. The zero-order valence-electron chi connectivity index (χ0n) is 15.8. The van der Waals surface area contributed by atoms with Crippen molar-refractivity contribution in [2.45, 2.75) is 51.1 Å². The number of aliphatic carboxylic acids is 1. The Morgan fingerprint density at radius 3 is 2.48 bits per heavy atom. The van der Waals surface area contributed by atoms with E-state index in [0.717, 1.165) is 50.8 Å². The fourth-order valence-corrected chi connectivity index (χ4v) is 3.66. The minimum absolute atomic E-state index is 0.157. The second-order valence-electron chi connectivity index (χ2n) is 7.35. The summed E-state index contributed by atoms with van der Waals surface area (Å²) in [6.07, 6.45) is 5.45. The second kappa shape index (κ2) is 10.1. The molecule has 0 amide bonds. The highest BCUT2D eigenvalue weighted by Gasteiger charge is 2.25. The summed E-state index contributed by atoms with van der Waals surface area (Å²) in [5, 5.41) is 12.6. The number of benzene rings is 2. The molecule has 0 bridgehead atoms. The molecule has 0 aliphatic heterocycles. The van der Waals surface area contributed by atoms with E-state index in [9.17, 15) is 4.79 Å². The molecular weight excluding hydrogens is 338 g/mol. The van der Waals surface area contributed by atoms with Crippen LogP contribution in [0.2, 0.25) is 0 Å². The number of rotatable bonds is 9. The third-order valence-corrected chi connectivity index (χ3v) is 5.29. The fourth-order valence-electron chi connectivity index (χ4n) is 3.66.